The molecule has 2 atom stereocenters. The lowest BCUT2D eigenvalue weighted by Gasteiger charge is -2.17. The number of carbonyl (C=O) groups excluding carboxylic acids is 2. The van der Waals surface area contributed by atoms with Crippen molar-refractivity contribution in [1.82, 2.24) is 10.6 Å². The minimum Gasteiger partial charge on any atom is -0.481 e. The predicted octanol–water partition coefficient (Wildman–Crippen LogP) is 0.981. The van der Waals surface area contributed by atoms with Crippen LogP contribution in [0, 0.1) is 0 Å². The molecule has 0 saturated carbocycles. The fraction of sp³-hybridized carbons (Fsp3) is 0.375. The minimum absolute atomic E-state index is 0. The van der Waals surface area contributed by atoms with Crippen molar-refractivity contribution < 1.29 is 34.1 Å². The molecule has 138 valence electrons. The Kier molecular flexibility index (Phi) is 9.31. The highest BCUT2D eigenvalue weighted by Crippen LogP contribution is 2.01. The van der Waals surface area contributed by atoms with Crippen LogP contribution in [0.25, 0.3) is 0 Å². The molecule has 25 heavy (non-hydrogen) atoms. The van der Waals surface area contributed by atoms with E-state index in [1.165, 1.54) is 6.92 Å². The van der Waals surface area contributed by atoms with Gasteiger partial charge in [-0.15, -0.1) is 0 Å². The molecule has 0 aliphatic heterocycles. The maximum atomic E-state index is 11.8. The molecule has 0 saturated heterocycles. The summed E-state index contributed by atoms with van der Waals surface area (Å²) in [6.45, 7) is 1.33. The van der Waals surface area contributed by atoms with Crippen LogP contribution >= 0.6 is 0 Å². The summed E-state index contributed by atoms with van der Waals surface area (Å²) < 4.78 is 4.93. The Morgan fingerprint density at radius 3 is 2.20 bits per heavy atom. The van der Waals surface area contributed by atoms with E-state index < -0.39 is 42.4 Å². The molecule has 1 rings (SSSR count). The molecule has 9 nitrogen and oxygen atoms in total. The van der Waals surface area contributed by atoms with E-state index in [0.717, 1.165) is 5.56 Å². The largest absolute Gasteiger partial charge is 0.481 e. The van der Waals surface area contributed by atoms with Crippen LogP contribution in [0.1, 0.15) is 26.3 Å². The smallest absolute Gasteiger partial charge is 0.408 e. The maximum absolute atomic E-state index is 11.8. The van der Waals surface area contributed by atoms with E-state index in [2.05, 4.69) is 5.32 Å². The van der Waals surface area contributed by atoms with Crippen LogP contribution in [0.15, 0.2) is 30.3 Å². The first-order valence-electron chi connectivity index (χ1n) is 7.01. The van der Waals surface area contributed by atoms with Gasteiger partial charge in [0.25, 0.3) is 0 Å². The average Bonchev–Trinajstić information content (AvgIpc) is 2.52. The first-order chi connectivity index (χ1) is 11.3. The molecule has 1 aromatic rings. The number of nitrogens with one attached hydrogen (secondary N) is 2. The third kappa shape index (κ3) is 8.35. The van der Waals surface area contributed by atoms with Crippen molar-refractivity contribution in [3.05, 3.63) is 35.9 Å². The molecule has 0 radical (unpaired) electrons. The minimum atomic E-state index is -1.58. The first-order valence-corrected chi connectivity index (χ1v) is 7.01. The molecule has 0 unspecified atom stereocenters. The number of carboxylic acid groups (broad SMARTS) is 2. The summed E-state index contributed by atoms with van der Waals surface area (Å²) in [7, 11) is 0. The van der Waals surface area contributed by atoms with E-state index in [1.807, 2.05) is 11.4 Å². The lowest BCUT2D eigenvalue weighted by atomic mass is 10.2. The average molecular weight is 354 g/mol. The zero-order valence-electron chi connectivity index (χ0n) is 12.9. The summed E-state index contributed by atoms with van der Waals surface area (Å²) in [4.78, 5) is 44.9. The van der Waals surface area contributed by atoms with Crippen molar-refractivity contribution >= 4 is 23.9 Å². The molecule has 0 spiro atoms. The van der Waals surface area contributed by atoms with Crippen molar-refractivity contribution in [3.8, 4) is 0 Å². The van der Waals surface area contributed by atoms with Crippen molar-refractivity contribution in [1.29, 1.82) is 0 Å². The van der Waals surface area contributed by atoms with E-state index in [-0.39, 0.29) is 14.0 Å². The lowest BCUT2D eigenvalue weighted by Crippen LogP contribution is -2.51. The molecule has 0 aromatic heterocycles. The second kappa shape index (κ2) is 10.6. The zero-order chi connectivity index (χ0) is 18.1. The number of hydrogen-bond donors (Lipinski definition) is 4. The third-order valence-electron chi connectivity index (χ3n) is 2.93. The van der Waals surface area contributed by atoms with Crippen molar-refractivity contribution in [2.24, 2.45) is 0 Å². The Hall–Kier alpha value is -3.10. The van der Waals surface area contributed by atoms with Crippen LogP contribution in [0.4, 0.5) is 4.79 Å². The van der Waals surface area contributed by atoms with Crippen LogP contribution in [0.2, 0.25) is 0 Å². The standard InChI is InChI=1S/C15H18N2O7.CH4/c1-9(13(20)17-11(14(21)22)7-12(18)19)16-15(23)24-8-10-5-3-2-4-6-10;/h2-6,9,11H,7-8H2,1H3,(H,16,23)(H,17,20)(H,18,19)(H,21,22);1H4/t9-,11-;/m0./s1. The lowest BCUT2D eigenvalue weighted by molar-refractivity contribution is -0.147. The van der Waals surface area contributed by atoms with Gasteiger partial charge in [0.2, 0.25) is 5.91 Å². The molecule has 2 amide bonds. The number of alkyl carbamates (subject to hydrolysis) is 1. The van der Waals surface area contributed by atoms with Gasteiger partial charge in [0.1, 0.15) is 18.7 Å². The fourth-order valence-electron chi connectivity index (χ4n) is 1.68. The van der Waals surface area contributed by atoms with E-state index in [0.29, 0.717) is 0 Å². The summed E-state index contributed by atoms with van der Waals surface area (Å²) in [5.74, 6) is -3.68. The quantitative estimate of drug-likeness (QED) is 0.545. The Bertz CT molecular complexity index is 604. The highest BCUT2D eigenvalue weighted by Gasteiger charge is 2.26. The summed E-state index contributed by atoms with van der Waals surface area (Å²) in [5, 5.41) is 21.7. The normalized spacial score (nSPS) is 12.0. The van der Waals surface area contributed by atoms with Crippen LogP contribution in [-0.4, -0.2) is 46.2 Å². The highest BCUT2D eigenvalue weighted by molar-refractivity contribution is 5.90. The number of ether oxygens (including phenoxy) is 1. The molecule has 0 fully saturated rings. The van der Waals surface area contributed by atoms with Gasteiger partial charge < -0.3 is 25.6 Å². The molecule has 0 heterocycles. The Morgan fingerprint density at radius 2 is 1.68 bits per heavy atom. The van der Waals surface area contributed by atoms with Gasteiger partial charge in [-0.2, -0.15) is 0 Å². The van der Waals surface area contributed by atoms with Crippen molar-refractivity contribution in [2.75, 3.05) is 0 Å². The molecular weight excluding hydrogens is 332 g/mol. The van der Waals surface area contributed by atoms with Crippen LogP contribution in [0.5, 0.6) is 0 Å². The molecule has 0 aliphatic rings. The summed E-state index contributed by atoms with van der Waals surface area (Å²) in [6, 6.07) is 6.21. The molecular formula is C16H22N2O7. The van der Waals surface area contributed by atoms with Crippen LogP contribution in [0.3, 0.4) is 0 Å². The second-order valence-electron chi connectivity index (χ2n) is 4.93. The van der Waals surface area contributed by atoms with Gasteiger partial charge in [-0.1, -0.05) is 37.8 Å². The van der Waals surface area contributed by atoms with Crippen molar-refractivity contribution in [3.63, 3.8) is 0 Å². The molecule has 0 bridgehead atoms. The monoisotopic (exact) mass is 354 g/mol. The summed E-state index contributed by atoms with van der Waals surface area (Å²) in [5.41, 5.74) is 0.761. The predicted molar refractivity (Wildman–Crippen MR) is 87.8 cm³/mol. The maximum Gasteiger partial charge on any atom is 0.408 e. The second-order valence-corrected chi connectivity index (χ2v) is 4.93. The van der Waals surface area contributed by atoms with E-state index in [4.69, 9.17) is 14.9 Å². The Morgan fingerprint density at radius 1 is 1.08 bits per heavy atom. The van der Waals surface area contributed by atoms with E-state index in [9.17, 15) is 19.2 Å². The topological polar surface area (TPSA) is 142 Å². The Balaban J connectivity index is 0.00000576. The summed E-state index contributed by atoms with van der Waals surface area (Å²) in [6.07, 6.45) is -1.63. The SMILES string of the molecule is C.C[C@H](NC(=O)OCc1ccccc1)C(=O)N[C@@H](CC(=O)O)C(=O)O. The van der Waals surface area contributed by atoms with E-state index >= 15 is 0 Å². The van der Waals surface area contributed by atoms with Gasteiger partial charge in [0, 0.05) is 0 Å². The van der Waals surface area contributed by atoms with Gasteiger partial charge in [-0.25, -0.2) is 9.59 Å². The number of hydrogen-bond acceptors (Lipinski definition) is 5. The van der Waals surface area contributed by atoms with Gasteiger partial charge in [0.15, 0.2) is 0 Å². The number of benzene rings is 1. The van der Waals surface area contributed by atoms with Gasteiger partial charge in [-0.05, 0) is 12.5 Å². The number of carboxylic acids is 2. The Labute approximate surface area is 145 Å². The molecule has 1 aromatic carbocycles. The number of amides is 2. The third-order valence-corrected chi connectivity index (χ3v) is 2.93. The first kappa shape index (κ1) is 21.9. The molecule has 0 aliphatic carbocycles. The van der Waals surface area contributed by atoms with E-state index in [1.54, 1.807) is 24.3 Å². The summed E-state index contributed by atoms with van der Waals surface area (Å²) >= 11 is 0. The molecule has 4 N–H and O–H groups in total. The van der Waals surface area contributed by atoms with Crippen LogP contribution < -0.4 is 10.6 Å². The number of aliphatic carboxylic acids is 2. The number of rotatable bonds is 8. The van der Waals surface area contributed by atoms with Gasteiger partial charge in [-0.3, -0.25) is 9.59 Å². The van der Waals surface area contributed by atoms with Gasteiger partial charge in [0.05, 0.1) is 6.42 Å². The van der Waals surface area contributed by atoms with Gasteiger partial charge >= 0.3 is 18.0 Å². The fourth-order valence-corrected chi connectivity index (χ4v) is 1.68. The number of carbonyl (C=O) groups is 4. The zero-order valence-corrected chi connectivity index (χ0v) is 12.9. The van der Waals surface area contributed by atoms with Crippen LogP contribution in [-0.2, 0) is 25.7 Å². The highest BCUT2D eigenvalue weighted by atomic mass is 16.5. The molecule has 9 heteroatoms. The van der Waals surface area contributed by atoms with Crippen molar-refractivity contribution in [2.45, 2.75) is 39.5 Å².